The van der Waals surface area contributed by atoms with Crippen LogP contribution in [0.3, 0.4) is 0 Å². The molecule has 0 bridgehead atoms. The molecule has 1 nitrogen and oxygen atoms in total. The molecule has 2 N–H and O–H groups in total. The topological polar surface area (TPSA) is 26.0 Å². The summed E-state index contributed by atoms with van der Waals surface area (Å²) >= 11 is 11.9. The predicted molar refractivity (Wildman–Crippen MR) is 73.6 cm³/mol. The molecule has 0 aliphatic carbocycles. The SMILES string of the molecule is Cc1ccc(F)c(C(N)c2ccc(Cl)cc2Cl)c1. The molecular formula is C14H12Cl2FN. The summed E-state index contributed by atoms with van der Waals surface area (Å²) in [5, 5.41) is 0.969. The van der Waals surface area contributed by atoms with Crippen LogP contribution < -0.4 is 5.73 Å². The lowest BCUT2D eigenvalue weighted by Gasteiger charge is -2.15. The van der Waals surface area contributed by atoms with E-state index in [1.54, 1.807) is 30.3 Å². The molecule has 2 aromatic rings. The van der Waals surface area contributed by atoms with Crippen LogP contribution >= 0.6 is 23.2 Å². The van der Waals surface area contributed by atoms with Crippen LogP contribution in [0.15, 0.2) is 36.4 Å². The summed E-state index contributed by atoms with van der Waals surface area (Å²) < 4.78 is 13.8. The third kappa shape index (κ3) is 2.66. The average molecular weight is 284 g/mol. The van der Waals surface area contributed by atoms with Gasteiger partial charge in [-0.05, 0) is 30.7 Å². The van der Waals surface area contributed by atoms with Gasteiger partial charge in [0.15, 0.2) is 0 Å². The quantitative estimate of drug-likeness (QED) is 0.864. The Kier molecular flexibility index (Phi) is 3.91. The number of rotatable bonds is 2. The monoisotopic (exact) mass is 283 g/mol. The highest BCUT2D eigenvalue weighted by Crippen LogP contribution is 2.30. The molecule has 0 radical (unpaired) electrons. The van der Waals surface area contributed by atoms with Crippen molar-refractivity contribution in [3.63, 3.8) is 0 Å². The van der Waals surface area contributed by atoms with Gasteiger partial charge in [0.25, 0.3) is 0 Å². The van der Waals surface area contributed by atoms with Gasteiger partial charge in [-0.25, -0.2) is 4.39 Å². The Balaban J connectivity index is 2.47. The Morgan fingerprint density at radius 3 is 2.44 bits per heavy atom. The van der Waals surface area contributed by atoms with E-state index in [1.807, 2.05) is 6.92 Å². The van der Waals surface area contributed by atoms with Gasteiger partial charge in [0.1, 0.15) is 5.82 Å². The molecule has 0 heterocycles. The van der Waals surface area contributed by atoms with Crippen LogP contribution in [0.4, 0.5) is 4.39 Å². The largest absolute Gasteiger partial charge is 0.320 e. The molecule has 0 aliphatic rings. The van der Waals surface area contributed by atoms with Crippen LogP contribution in [-0.4, -0.2) is 0 Å². The second kappa shape index (κ2) is 5.27. The van der Waals surface area contributed by atoms with Gasteiger partial charge in [-0.2, -0.15) is 0 Å². The molecule has 0 saturated heterocycles. The molecule has 0 amide bonds. The van der Waals surface area contributed by atoms with Crippen molar-refractivity contribution >= 4 is 23.2 Å². The first-order valence-electron chi connectivity index (χ1n) is 5.45. The molecule has 0 aromatic heterocycles. The van der Waals surface area contributed by atoms with Gasteiger partial charge in [0.05, 0.1) is 6.04 Å². The highest BCUT2D eigenvalue weighted by atomic mass is 35.5. The van der Waals surface area contributed by atoms with E-state index in [4.69, 9.17) is 28.9 Å². The normalized spacial score (nSPS) is 12.5. The van der Waals surface area contributed by atoms with Crippen molar-refractivity contribution in [2.45, 2.75) is 13.0 Å². The predicted octanol–water partition coefficient (Wildman–Crippen LogP) is 4.49. The minimum absolute atomic E-state index is 0.334. The number of halogens is 3. The van der Waals surface area contributed by atoms with Crippen molar-refractivity contribution in [1.82, 2.24) is 0 Å². The summed E-state index contributed by atoms with van der Waals surface area (Å²) in [5.41, 5.74) is 8.11. The Bertz CT molecular complexity index is 584. The first-order valence-corrected chi connectivity index (χ1v) is 6.21. The van der Waals surface area contributed by atoms with Crippen molar-refractivity contribution in [2.24, 2.45) is 5.73 Å². The first-order chi connectivity index (χ1) is 8.49. The zero-order valence-corrected chi connectivity index (χ0v) is 11.3. The zero-order valence-electron chi connectivity index (χ0n) is 9.75. The molecule has 94 valence electrons. The van der Waals surface area contributed by atoms with Crippen LogP contribution in [0.1, 0.15) is 22.7 Å². The fourth-order valence-corrected chi connectivity index (χ4v) is 2.35. The minimum atomic E-state index is -0.602. The van der Waals surface area contributed by atoms with Gasteiger partial charge in [0.2, 0.25) is 0 Å². The van der Waals surface area contributed by atoms with Gasteiger partial charge in [0, 0.05) is 15.6 Å². The maximum absolute atomic E-state index is 13.8. The van der Waals surface area contributed by atoms with E-state index >= 15 is 0 Å². The van der Waals surface area contributed by atoms with Crippen molar-refractivity contribution in [3.05, 3.63) is 69.0 Å². The fourth-order valence-electron chi connectivity index (χ4n) is 1.82. The van der Waals surface area contributed by atoms with Crippen molar-refractivity contribution in [3.8, 4) is 0 Å². The zero-order chi connectivity index (χ0) is 13.3. The summed E-state index contributed by atoms with van der Waals surface area (Å²) in [5.74, 6) is -0.334. The minimum Gasteiger partial charge on any atom is -0.320 e. The van der Waals surface area contributed by atoms with Gasteiger partial charge < -0.3 is 5.73 Å². The molecular weight excluding hydrogens is 272 g/mol. The molecule has 1 unspecified atom stereocenters. The molecule has 2 rings (SSSR count). The van der Waals surface area contributed by atoms with Gasteiger partial charge in [-0.1, -0.05) is 47.0 Å². The van der Waals surface area contributed by atoms with Crippen LogP contribution in [0.2, 0.25) is 10.0 Å². The van der Waals surface area contributed by atoms with Gasteiger partial charge >= 0.3 is 0 Å². The number of hydrogen-bond donors (Lipinski definition) is 1. The fraction of sp³-hybridized carbons (Fsp3) is 0.143. The van der Waals surface area contributed by atoms with Crippen molar-refractivity contribution < 1.29 is 4.39 Å². The number of nitrogens with two attached hydrogens (primary N) is 1. The highest BCUT2D eigenvalue weighted by molar-refractivity contribution is 6.35. The van der Waals surface area contributed by atoms with Crippen LogP contribution in [0.5, 0.6) is 0 Å². The Hall–Kier alpha value is -1.09. The lowest BCUT2D eigenvalue weighted by Crippen LogP contribution is -2.14. The standard InChI is InChI=1S/C14H12Cl2FN/c1-8-2-5-13(17)11(6-8)14(18)10-4-3-9(15)7-12(10)16/h2-7,14H,18H2,1H3. The molecule has 0 aliphatic heterocycles. The Morgan fingerprint density at radius 2 is 1.78 bits per heavy atom. The lowest BCUT2D eigenvalue weighted by molar-refractivity contribution is 0.599. The molecule has 0 fully saturated rings. The van der Waals surface area contributed by atoms with Crippen LogP contribution in [0, 0.1) is 12.7 Å². The van der Waals surface area contributed by atoms with E-state index in [0.29, 0.717) is 21.2 Å². The van der Waals surface area contributed by atoms with Gasteiger partial charge in [-0.15, -0.1) is 0 Å². The van der Waals surface area contributed by atoms with E-state index in [2.05, 4.69) is 0 Å². The van der Waals surface area contributed by atoms with Gasteiger partial charge in [-0.3, -0.25) is 0 Å². The molecule has 18 heavy (non-hydrogen) atoms. The van der Waals surface area contributed by atoms with Crippen molar-refractivity contribution in [1.29, 1.82) is 0 Å². The van der Waals surface area contributed by atoms with Crippen LogP contribution in [0.25, 0.3) is 0 Å². The van der Waals surface area contributed by atoms with Crippen molar-refractivity contribution in [2.75, 3.05) is 0 Å². The lowest BCUT2D eigenvalue weighted by atomic mass is 9.97. The Morgan fingerprint density at radius 1 is 1.06 bits per heavy atom. The molecule has 0 saturated carbocycles. The molecule has 1 atom stereocenters. The smallest absolute Gasteiger partial charge is 0.128 e. The van der Waals surface area contributed by atoms with E-state index in [0.717, 1.165) is 5.56 Å². The Labute approximate surface area is 115 Å². The van der Waals surface area contributed by atoms with E-state index < -0.39 is 6.04 Å². The maximum atomic E-state index is 13.8. The summed E-state index contributed by atoms with van der Waals surface area (Å²) in [6.07, 6.45) is 0. The second-order valence-corrected chi connectivity index (χ2v) is 5.01. The average Bonchev–Trinajstić information content (AvgIpc) is 2.31. The summed E-state index contributed by atoms with van der Waals surface area (Å²) in [6, 6.07) is 9.25. The van der Waals surface area contributed by atoms with E-state index in [1.165, 1.54) is 6.07 Å². The third-order valence-electron chi connectivity index (χ3n) is 2.78. The molecule has 2 aromatic carbocycles. The second-order valence-electron chi connectivity index (χ2n) is 4.17. The summed E-state index contributed by atoms with van der Waals surface area (Å²) in [4.78, 5) is 0. The summed E-state index contributed by atoms with van der Waals surface area (Å²) in [6.45, 7) is 1.89. The first kappa shape index (κ1) is 13.3. The van der Waals surface area contributed by atoms with E-state index in [-0.39, 0.29) is 5.82 Å². The number of hydrogen-bond acceptors (Lipinski definition) is 1. The van der Waals surface area contributed by atoms with Crippen LogP contribution in [-0.2, 0) is 0 Å². The number of aryl methyl sites for hydroxylation is 1. The maximum Gasteiger partial charge on any atom is 0.128 e. The third-order valence-corrected chi connectivity index (χ3v) is 3.35. The highest BCUT2D eigenvalue weighted by Gasteiger charge is 2.16. The van der Waals surface area contributed by atoms with E-state index in [9.17, 15) is 4.39 Å². The number of benzene rings is 2. The summed E-state index contributed by atoms with van der Waals surface area (Å²) in [7, 11) is 0. The molecule has 0 spiro atoms. The molecule has 4 heteroatoms.